The molecule has 4 aromatic carbocycles. The standard InChI is InChI=1S/C47H53.2ClH.Zr/c1-9-11-21-34(22-12-10-2)43-44-38-31-40(46(3,4)5)37(32-23-15-13-16-24-32)29-36(38)30-39(44)41(33-27-19-20-28-33)42(45(43)47(6,7)8)35-25-17-14-18-26-35;;;/h13-20,23-27,29,31H,9-12,21-22,28H2,1-8H3;2*1H;/q;;;+2/p-2. The maximum absolute atomic E-state index is 2.62. The van der Waals surface area contributed by atoms with E-state index in [0.717, 1.165) is 6.42 Å². The molecule has 0 heterocycles. The minimum Gasteiger partial charge on any atom is -1.00 e. The summed E-state index contributed by atoms with van der Waals surface area (Å²) in [5, 5.41) is 6.00. The zero-order valence-electron chi connectivity index (χ0n) is 31.4. The molecule has 0 amide bonds. The van der Waals surface area contributed by atoms with Gasteiger partial charge in [0.1, 0.15) is 0 Å². The van der Waals surface area contributed by atoms with Crippen LogP contribution < -0.4 is 35.3 Å². The maximum Gasteiger partial charge on any atom is -1.00 e. The van der Waals surface area contributed by atoms with Gasteiger partial charge in [-0.3, -0.25) is 0 Å². The van der Waals surface area contributed by atoms with Crippen molar-refractivity contribution in [2.24, 2.45) is 0 Å². The molecule has 0 unspecified atom stereocenters. The van der Waals surface area contributed by atoms with Crippen LogP contribution in [0.15, 0.2) is 91.0 Å². The van der Waals surface area contributed by atoms with Crippen LogP contribution in [0.4, 0.5) is 0 Å². The van der Waals surface area contributed by atoms with Gasteiger partial charge in [0.25, 0.3) is 0 Å². The molecule has 0 N–H and O–H groups in total. The molecule has 3 heteroatoms. The number of fused-ring (bicyclic) bond motifs is 2. The van der Waals surface area contributed by atoms with E-state index in [0.29, 0.717) is 0 Å². The third-order valence-corrected chi connectivity index (χ3v) is 11.5. The quantitative estimate of drug-likeness (QED) is 0.202. The zero-order valence-corrected chi connectivity index (χ0v) is 35.3. The van der Waals surface area contributed by atoms with Crippen molar-refractivity contribution in [3.63, 3.8) is 0 Å². The van der Waals surface area contributed by atoms with Crippen LogP contribution in [-0.2, 0) is 35.5 Å². The average molecular weight is 780 g/mol. The van der Waals surface area contributed by atoms with E-state index in [4.69, 9.17) is 0 Å². The summed E-state index contributed by atoms with van der Waals surface area (Å²) in [7, 11) is 0. The van der Waals surface area contributed by atoms with E-state index < -0.39 is 0 Å². The predicted octanol–water partition coefficient (Wildman–Crippen LogP) is 5.80. The van der Waals surface area contributed by atoms with Crippen LogP contribution in [-0.4, -0.2) is 0 Å². The van der Waals surface area contributed by atoms with Gasteiger partial charge in [-0.05, 0) is 0 Å². The first-order chi connectivity index (χ1) is 23.0. The summed E-state index contributed by atoms with van der Waals surface area (Å²) < 4.78 is 1.51. The number of allylic oxidation sites excluding steroid dienone is 4. The fourth-order valence-electron chi connectivity index (χ4n) is 8.00. The van der Waals surface area contributed by atoms with Crippen molar-refractivity contribution in [3.8, 4) is 22.3 Å². The smallest absolute Gasteiger partial charge is 1.00 e. The van der Waals surface area contributed by atoms with Crippen molar-refractivity contribution in [1.29, 1.82) is 0 Å². The predicted molar refractivity (Wildman–Crippen MR) is 205 cm³/mol. The SMILES string of the molecule is CCCCC(CCCC)=c1c(C(C)(C)C)c(-c2ccccc2)c(C2=CC=CC2)c2c1=c1cc(C(C)(C)C)c(-c3ccccc3)cc1=[C]2[Zr+2].[Cl-].[Cl-]. The molecular formula is C47H53Cl2Zr. The second-order valence-corrected chi connectivity index (χ2v) is 17.2. The van der Waals surface area contributed by atoms with E-state index >= 15 is 0 Å². The first kappa shape index (κ1) is 40.3. The molecule has 0 saturated carbocycles. The molecule has 0 aliphatic heterocycles. The third kappa shape index (κ3) is 7.68. The van der Waals surface area contributed by atoms with Crippen LogP contribution in [0.3, 0.4) is 0 Å². The molecule has 0 bridgehead atoms. The summed E-state index contributed by atoms with van der Waals surface area (Å²) in [6.07, 6.45) is 15.2. The normalized spacial score (nSPS) is 13.4. The van der Waals surface area contributed by atoms with Crippen LogP contribution >= 0.6 is 0 Å². The van der Waals surface area contributed by atoms with Gasteiger partial charge in [-0.15, -0.1) is 0 Å². The van der Waals surface area contributed by atoms with Crippen LogP contribution in [0.5, 0.6) is 0 Å². The Morgan fingerprint density at radius 3 is 1.76 bits per heavy atom. The van der Waals surface area contributed by atoms with Crippen molar-refractivity contribution < 1.29 is 49.5 Å². The van der Waals surface area contributed by atoms with Gasteiger partial charge >= 0.3 is 307 Å². The number of unbranched alkanes of at least 4 members (excludes halogenated alkanes) is 2. The summed E-state index contributed by atoms with van der Waals surface area (Å²) in [6, 6.07) is 27.6. The topological polar surface area (TPSA) is 0 Å². The molecule has 6 rings (SSSR count). The van der Waals surface area contributed by atoms with Crippen LogP contribution in [0.2, 0.25) is 0 Å². The van der Waals surface area contributed by atoms with E-state index in [1.54, 1.807) is 16.4 Å². The van der Waals surface area contributed by atoms with Gasteiger partial charge in [-0.1, -0.05) is 0 Å². The van der Waals surface area contributed by atoms with Gasteiger partial charge in [0.15, 0.2) is 0 Å². The Bertz CT molecular complexity index is 2110. The van der Waals surface area contributed by atoms with Crippen molar-refractivity contribution in [2.75, 3.05) is 0 Å². The second-order valence-electron chi connectivity index (χ2n) is 15.9. The summed E-state index contributed by atoms with van der Waals surface area (Å²) in [5.41, 5.74) is 14.5. The largest absolute Gasteiger partial charge is 1.00 e. The average Bonchev–Trinajstić information content (AvgIpc) is 3.70. The monoisotopic (exact) mass is 777 g/mol. The Labute approximate surface area is 329 Å². The molecule has 2 aliphatic carbocycles. The Hall–Kier alpha value is -2.44. The fraction of sp³-hybridized carbons (Fsp3) is 0.362. The number of benzene rings is 4. The van der Waals surface area contributed by atoms with Crippen LogP contribution in [0, 0.1) is 10.4 Å². The third-order valence-electron chi connectivity index (χ3n) is 10.3. The van der Waals surface area contributed by atoms with E-state index in [-0.39, 0.29) is 35.6 Å². The van der Waals surface area contributed by atoms with Crippen molar-refractivity contribution in [1.82, 2.24) is 0 Å². The molecule has 0 atom stereocenters. The second kappa shape index (κ2) is 16.5. The van der Waals surface area contributed by atoms with Crippen LogP contribution in [0.1, 0.15) is 123 Å². The molecule has 2 aliphatic rings. The fourth-order valence-corrected chi connectivity index (χ4v) is 9.12. The number of rotatable bonds is 9. The van der Waals surface area contributed by atoms with E-state index in [1.165, 1.54) is 127 Å². The van der Waals surface area contributed by atoms with Gasteiger partial charge in [0, 0.05) is 0 Å². The Balaban J connectivity index is 0.00000281. The maximum atomic E-state index is 2.62. The first-order valence-electron chi connectivity index (χ1n) is 18.3. The van der Waals surface area contributed by atoms with Gasteiger partial charge in [0.2, 0.25) is 0 Å². The Morgan fingerprint density at radius 2 is 1.26 bits per heavy atom. The molecule has 50 heavy (non-hydrogen) atoms. The van der Waals surface area contributed by atoms with Gasteiger partial charge < -0.3 is 24.8 Å². The molecule has 0 aromatic heterocycles. The van der Waals surface area contributed by atoms with Gasteiger partial charge in [-0.25, -0.2) is 0 Å². The Morgan fingerprint density at radius 1 is 0.680 bits per heavy atom. The number of halogens is 2. The molecular weight excluding hydrogens is 727 g/mol. The van der Waals surface area contributed by atoms with Crippen molar-refractivity contribution >= 4 is 14.4 Å². The number of hydrogen-bond donors (Lipinski definition) is 0. The van der Waals surface area contributed by atoms with E-state index in [2.05, 4.69) is 146 Å². The summed E-state index contributed by atoms with van der Waals surface area (Å²) in [4.78, 5) is 0. The van der Waals surface area contributed by atoms with Crippen molar-refractivity contribution in [2.45, 2.75) is 111 Å². The summed E-state index contributed by atoms with van der Waals surface area (Å²) in [6.45, 7) is 19.3. The van der Waals surface area contributed by atoms with E-state index in [1.807, 2.05) is 0 Å². The molecule has 0 saturated heterocycles. The molecule has 0 fully saturated rings. The summed E-state index contributed by atoms with van der Waals surface area (Å²) in [5.74, 6) is 0. The molecule has 0 radical (unpaired) electrons. The minimum atomic E-state index is -0.0541. The number of hydrogen-bond acceptors (Lipinski definition) is 0. The minimum absolute atomic E-state index is 0. The molecule has 259 valence electrons. The summed E-state index contributed by atoms with van der Waals surface area (Å²) >= 11 is 1.48. The zero-order chi connectivity index (χ0) is 34.2. The molecule has 0 nitrogen and oxygen atoms in total. The first-order valence-corrected chi connectivity index (χ1v) is 19.5. The Kier molecular flexibility index (Phi) is 13.3. The van der Waals surface area contributed by atoms with Gasteiger partial charge in [0.05, 0.1) is 0 Å². The van der Waals surface area contributed by atoms with E-state index in [9.17, 15) is 0 Å². The van der Waals surface area contributed by atoms with Gasteiger partial charge in [-0.2, -0.15) is 0 Å². The molecule has 0 spiro atoms. The van der Waals surface area contributed by atoms with Crippen molar-refractivity contribution in [3.05, 3.63) is 134 Å². The molecule has 4 aromatic rings. The van der Waals surface area contributed by atoms with Crippen LogP contribution in [0.25, 0.3) is 36.7 Å².